The molecule has 5 aromatic rings. The van der Waals surface area contributed by atoms with Gasteiger partial charge in [0.2, 0.25) is 0 Å². The molecule has 206 valence electrons. The van der Waals surface area contributed by atoms with E-state index in [1.54, 1.807) is 24.5 Å². The zero-order valence-corrected chi connectivity index (χ0v) is 23.4. The molecule has 1 atom stereocenters. The number of hydrogen-bond acceptors (Lipinski definition) is 8. The summed E-state index contributed by atoms with van der Waals surface area (Å²) in [6.45, 7) is 7.04. The number of pyridine rings is 1. The van der Waals surface area contributed by atoms with Crippen molar-refractivity contribution in [3.8, 4) is 17.4 Å². The van der Waals surface area contributed by atoms with Gasteiger partial charge in [0.15, 0.2) is 12.2 Å². The Morgan fingerprint density at radius 1 is 1.17 bits per heavy atom. The third-order valence-electron chi connectivity index (χ3n) is 7.34. The van der Waals surface area contributed by atoms with E-state index in [2.05, 4.69) is 57.8 Å². The fraction of sp³-hybridized carbons (Fsp3) is 0.300. The van der Waals surface area contributed by atoms with Crippen LogP contribution in [0.5, 0.6) is 0 Å². The Hall–Kier alpha value is -4.72. The van der Waals surface area contributed by atoms with Crippen LogP contribution in [0.3, 0.4) is 0 Å². The van der Waals surface area contributed by atoms with E-state index in [1.165, 1.54) is 18.5 Å². The minimum absolute atomic E-state index is 0.0273. The number of anilines is 2. The summed E-state index contributed by atoms with van der Waals surface area (Å²) in [6.07, 6.45) is 8.71. The second-order valence-electron chi connectivity index (χ2n) is 11.9. The predicted octanol–water partition coefficient (Wildman–Crippen LogP) is 5.23. The van der Waals surface area contributed by atoms with E-state index in [4.69, 9.17) is 4.42 Å². The third kappa shape index (κ3) is 5.25. The van der Waals surface area contributed by atoms with E-state index in [-0.39, 0.29) is 11.2 Å². The van der Waals surface area contributed by atoms with E-state index in [9.17, 15) is 9.65 Å². The Morgan fingerprint density at radius 2 is 1.95 bits per heavy atom. The molecule has 6 rings (SSSR count). The van der Waals surface area contributed by atoms with Crippen molar-refractivity contribution in [2.75, 3.05) is 17.2 Å². The van der Waals surface area contributed by atoms with Crippen molar-refractivity contribution >= 4 is 30.1 Å². The zero-order valence-electron chi connectivity index (χ0n) is 23.4. The van der Waals surface area contributed by atoms with E-state index in [0.29, 0.717) is 46.4 Å². The standard InChI is InChI=1S/C30H30BFN8O/c1-29(2,3)16-36-27-18(12-33)13-35-28-23(25-14-34-17-41-25)10-21(11-24(27)28)37-30(31,19-4-6-20(32)7-5-19)26-15-40(39-38-26)22-8-9-22/h4-7,10-11,13-15,17,22,37H,8-9,16,31H2,1-3H3,(H,35,36). The van der Waals surface area contributed by atoms with Gasteiger partial charge >= 0.3 is 0 Å². The lowest BCUT2D eigenvalue weighted by atomic mass is 9.69. The van der Waals surface area contributed by atoms with E-state index >= 15 is 0 Å². The Kier molecular flexibility index (Phi) is 6.49. The molecule has 1 unspecified atom stereocenters. The van der Waals surface area contributed by atoms with Gasteiger partial charge in [0.25, 0.3) is 0 Å². The first-order valence-corrected chi connectivity index (χ1v) is 13.6. The molecule has 0 radical (unpaired) electrons. The molecule has 0 aliphatic heterocycles. The van der Waals surface area contributed by atoms with Crippen LogP contribution in [-0.2, 0) is 5.44 Å². The van der Waals surface area contributed by atoms with Crippen LogP contribution in [0.1, 0.15) is 56.5 Å². The summed E-state index contributed by atoms with van der Waals surface area (Å²) in [4.78, 5) is 8.78. The molecule has 0 saturated heterocycles. The number of nitrogens with one attached hydrogen (secondary N) is 2. The Labute approximate surface area is 238 Å². The molecule has 11 heteroatoms. The lowest BCUT2D eigenvalue weighted by Gasteiger charge is -2.31. The first kappa shape index (κ1) is 26.5. The summed E-state index contributed by atoms with van der Waals surface area (Å²) in [5.41, 5.74) is 3.88. The van der Waals surface area contributed by atoms with E-state index < -0.39 is 5.44 Å². The van der Waals surface area contributed by atoms with Gasteiger partial charge in [0.05, 0.1) is 40.6 Å². The second kappa shape index (κ2) is 10.0. The van der Waals surface area contributed by atoms with Crippen molar-refractivity contribution in [2.24, 2.45) is 5.41 Å². The first-order chi connectivity index (χ1) is 19.6. The van der Waals surface area contributed by atoms with Crippen LogP contribution in [0.2, 0.25) is 0 Å². The van der Waals surface area contributed by atoms with Gasteiger partial charge in [-0.1, -0.05) is 38.1 Å². The first-order valence-electron chi connectivity index (χ1n) is 13.6. The monoisotopic (exact) mass is 548 g/mol. The van der Waals surface area contributed by atoms with Crippen LogP contribution in [-0.4, -0.2) is 39.4 Å². The number of nitriles is 1. The van der Waals surface area contributed by atoms with E-state index in [1.807, 2.05) is 30.9 Å². The number of nitrogens with zero attached hydrogens (tertiary/aromatic N) is 6. The van der Waals surface area contributed by atoms with Crippen molar-refractivity contribution in [3.63, 3.8) is 0 Å². The predicted molar refractivity (Wildman–Crippen MR) is 158 cm³/mol. The third-order valence-corrected chi connectivity index (χ3v) is 7.34. The van der Waals surface area contributed by atoms with Gasteiger partial charge < -0.3 is 15.1 Å². The number of rotatable bonds is 8. The molecule has 9 nitrogen and oxygen atoms in total. The van der Waals surface area contributed by atoms with Gasteiger partial charge in [-0.05, 0) is 48.1 Å². The normalized spacial score (nSPS) is 14.9. The van der Waals surface area contributed by atoms with Gasteiger partial charge in [-0.25, -0.2) is 14.1 Å². The highest BCUT2D eigenvalue weighted by Gasteiger charge is 2.35. The zero-order chi connectivity index (χ0) is 28.8. The molecule has 1 aliphatic rings. The lowest BCUT2D eigenvalue weighted by Crippen LogP contribution is -2.37. The number of benzene rings is 2. The van der Waals surface area contributed by atoms with Crippen molar-refractivity contribution in [3.05, 3.63) is 84.0 Å². The lowest BCUT2D eigenvalue weighted by molar-refractivity contribution is 0.443. The fourth-order valence-corrected chi connectivity index (χ4v) is 4.92. The SMILES string of the molecule is BC(Nc1cc(-c2cnco2)c2ncc(C#N)c(NCC(C)(C)C)c2c1)(c1ccc(F)cc1)c1cn(C2CC2)nn1. The summed E-state index contributed by atoms with van der Waals surface area (Å²) in [5.74, 6) is 0.224. The van der Waals surface area contributed by atoms with Gasteiger partial charge in [-0.2, -0.15) is 5.26 Å². The number of halogens is 1. The molecule has 41 heavy (non-hydrogen) atoms. The molecule has 1 fully saturated rings. The molecule has 3 aromatic heterocycles. The summed E-state index contributed by atoms with van der Waals surface area (Å²) in [7, 11) is 2.00. The van der Waals surface area contributed by atoms with Crippen LogP contribution in [0.4, 0.5) is 15.8 Å². The summed E-state index contributed by atoms with van der Waals surface area (Å²) < 4.78 is 21.6. The molecule has 3 heterocycles. The van der Waals surface area contributed by atoms with Crippen molar-refractivity contribution in [1.82, 2.24) is 25.0 Å². The fourth-order valence-electron chi connectivity index (χ4n) is 4.92. The van der Waals surface area contributed by atoms with Crippen molar-refractivity contribution < 1.29 is 8.81 Å². The highest BCUT2D eigenvalue weighted by Crippen LogP contribution is 2.40. The quantitative estimate of drug-likeness (QED) is 0.253. The van der Waals surface area contributed by atoms with Crippen LogP contribution >= 0.6 is 0 Å². The maximum Gasteiger partial charge on any atom is 0.181 e. The Balaban J connectivity index is 1.54. The highest BCUT2D eigenvalue weighted by molar-refractivity contribution is 6.19. The molecule has 0 spiro atoms. The number of aromatic nitrogens is 5. The number of oxazole rings is 1. The summed E-state index contributed by atoms with van der Waals surface area (Å²) >= 11 is 0. The van der Waals surface area contributed by atoms with Crippen LogP contribution in [0, 0.1) is 22.6 Å². The van der Waals surface area contributed by atoms with Gasteiger partial charge in [0, 0.05) is 29.4 Å². The van der Waals surface area contributed by atoms with Crippen molar-refractivity contribution in [2.45, 2.75) is 45.1 Å². The summed E-state index contributed by atoms with van der Waals surface area (Å²) in [5, 5.41) is 26.8. The maximum atomic E-state index is 14.0. The minimum atomic E-state index is -0.869. The molecule has 0 amide bonds. The van der Waals surface area contributed by atoms with Gasteiger partial charge in [-0.15, -0.1) is 5.10 Å². The highest BCUT2D eigenvalue weighted by atomic mass is 19.1. The molecule has 0 bridgehead atoms. The van der Waals surface area contributed by atoms with Crippen LogP contribution in [0.15, 0.2) is 65.8 Å². The minimum Gasteiger partial charge on any atom is -0.443 e. The van der Waals surface area contributed by atoms with E-state index in [0.717, 1.165) is 29.5 Å². The molecule has 2 aromatic carbocycles. The largest absolute Gasteiger partial charge is 0.443 e. The Bertz CT molecular complexity index is 1750. The smallest absolute Gasteiger partial charge is 0.181 e. The maximum absolute atomic E-state index is 14.0. The van der Waals surface area contributed by atoms with Crippen LogP contribution < -0.4 is 10.6 Å². The molecular formula is C30H30BFN8O. The average Bonchev–Trinajstić information content (AvgIpc) is 3.42. The second-order valence-corrected chi connectivity index (χ2v) is 11.9. The number of hydrogen-bond donors (Lipinski definition) is 2. The number of fused-ring (bicyclic) bond motifs is 1. The topological polar surface area (TPSA) is 117 Å². The van der Waals surface area contributed by atoms with Crippen LogP contribution in [0.25, 0.3) is 22.2 Å². The summed E-state index contributed by atoms with van der Waals surface area (Å²) in [6, 6.07) is 13.0. The van der Waals surface area contributed by atoms with Crippen molar-refractivity contribution in [1.29, 1.82) is 5.26 Å². The molecule has 2 N–H and O–H groups in total. The Morgan fingerprint density at radius 3 is 2.61 bits per heavy atom. The average molecular weight is 548 g/mol. The molecular weight excluding hydrogens is 518 g/mol. The molecule has 1 aliphatic carbocycles. The van der Waals surface area contributed by atoms with Gasteiger partial charge in [-0.3, -0.25) is 4.98 Å². The van der Waals surface area contributed by atoms with Gasteiger partial charge in [0.1, 0.15) is 25.4 Å². The molecule has 1 saturated carbocycles.